The molecule has 0 saturated carbocycles. The summed E-state index contributed by atoms with van der Waals surface area (Å²) in [6, 6.07) is 5.21. The molecular weight excluding hydrogens is 204 g/mol. The smallest absolute Gasteiger partial charge is 0.165 e. The molecule has 5 nitrogen and oxygen atoms in total. The van der Waals surface area contributed by atoms with Gasteiger partial charge in [-0.25, -0.2) is 4.98 Å². The van der Waals surface area contributed by atoms with Gasteiger partial charge in [-0.3, -0.25) is 0 Å². The SMILES string of the molecule is CCC(C)(O)CNc1ccc(N)c(C#N)n1. The molecule has 1 heterocycles. The highest BCUT2D eigenvalue weighted by molar-refractivity contribution is 5.54. The maximum absolute atomic E-state index is 9.79. The zero-order chi connectivity index (χ0) is 12.2. The third kappa shape index (κ3) is 3.11. The number of anilines is 2. The second-order valence-corrected chi connectivity index (χ2v) is 3.95. The lowest BCUT2D eigenvalue weighted by Gasteiger charge is -2.21. The van der Waals surface area contributed by atoms with Gasteiger partial charge in [0.25, 0.3) is 0 Å². The Bertz CT molecular complexity index is 409. The Morgan fingerprint density at radius 3 is 2.88 bits per heavy atom. The van der Waals surface area contributed by atoms with Crippen molar-refractivity contribution in [1.82, 2.24) is 4.98 Å². The zero-order valence-corrected chi connectivity index (χ0v) is 9.49. The lowest BCUT2D eigenvalue weighted by atomic mass is 10.0. The number of hydrogen-bond donors (Lipinski definition) is 3. The van der Waals surface area contributed by atoms with E-state index in [1.807, 2.05) is 13.0 Å². The van der Waals surface area contributed by atoms with E-state index in [1.165, 1.54) is 0 Å². The van der Waals surface area contributed by atoms with E-state index in [4.69, 9.17) is 11.0 Å². The van der Waals surface area contributed by atoms with Crippen LogP contribution in [-0.2, 0) is 0 Å². The highest BCUT2D eigenvalue weighted by Crippen LogP contribution is 2.14. The van der Waals surface area contributed by atoms with Crippen LogP contribution in [-0.4, -0.2) is 22.2 Å². The molecule has 16 heavy (non-hydrogen) atoms. The largest absolute Gasteiger partial charge is 0.396 e. The molecule has 0 aromatic carbocycles. The van der Waals surface area contributed by atoms with E-state index in [1.54, 1.807) is 19.1 Å². The molecule has 4 N–H and O–H groups in total. The van der Waals surface area contributed by atoms with Crippen LogP contribution in [0.15, 0.2) is 12.1 Å². The molecule has 0 amide bonds. The van der Waals surface area contributed by atoms with E-state index in [0.717, 1.165) is 0 Å². The monoisotopic (exact) mass is 220 g/mol. The Morgan fingerprint density at radius 1 is 1.62 bits per heavy atom. The Morgan fingerprint density at radius 2 is 2.31 bits per heavy atom. The first-order chi connectivity index (χ1) is 7.48. The number of aliphatic hydroxyl groups is 1. The van der Waals surface area contributed by atoms with Crippen LogP contribution < -0.4 is 11.1 Å². The number of nitrogens with zero attached hydrogens (tertiary/aromatic N) is 2. The van der Waals surface area contributed by atoms with Gasteiger partial charge < -0.3 is 16.2 Å². The second kappa shape index (κ2) is 4.81. The third-order valence-corrected chi connectivity index (χ3v) is 2.44. The minimum absolute atomic E-state index is 0.196. The number of nitrogen functional groups attached to an aromatic ring is 1. The lowest BCUT2D eigenvalue weighted by molar-refractivity contribution is 0.0696. The van der Waals surface area contributed by atoms with Crippen LogP contribution in [0.2, 0.25) is 0 Å². The Balaban J connectivity index is 2.73. The molecular formula is C11H16N4O. The molecule has 1 rings (SSSR count). The van der Waals surface area contributed by atoms with Crippen molar-refractivity contribution >= 4 is 11.5 Å². The fraction of sp³-hybridized carbons (Fsp3) is 0.455. The van der Waals surface area contributed by atoms with Crippen molar-refractivity contribution in [3.63, 3.8) is 0 Å². The van der Waals surface area contributed by atoms with E-state index < -0.39 is 5.60 Å². The van der Waals surface area contributed by atoms with Crippen LogP contribution >= 0.6 is 0 Å². The number of hydrogen-bond acceptors (Lipinski definition) is 5. The highest BCUT2D eigenvalue weighted by atomic mass is 16.3. The van der Waals surface area contributed by atoms with Gasteiger partial charge in [0.2, 0.25) is 0 Å². The van der Waals surface area contributed by atoms with Gasteiger partial charge in [-0.15, -0.1) is 0 Å². The molecule has 0 aliphatic carbocycles. The lowest BCUT2D eigenvalue weighted by Crippen LogP contribution is -2.32. The fourth-order valence-corrected chi connectivity index (χ4v) is 1.06. The summed E-state index contributed by atoms with van der Waals surface area (Å²) >= 11 is 0. The number of pyridine rings is 1. The van der Waals surface area contributed by atoms with Gasteiger partial charge in [-0.05, 0) is 25.5 Å². The number of nitrogens with one attached hydrogen (secondary N) is 1. The molecule has 86 valence electrons. The Kier molecular flexibility index (Phi) is 3.69. The summed E-state index contributed by atoms with van der Waals surface area (Å²) < 4.78 is 0. The molecule has 0 spiro atoms. The van der Waals surface area contributed by atoms with Crippen molar-refractivity contribution in [2.45, 2.75) is 25.9 Å². The molecule has 1 unspecified atom stereocenters. The van der Waals surface area contributed by atoms with Crippen molar-refractivity contribution in [1.29, 1.82) is 5.26 Å². The molecule has 0 fully saturated rings. The average molecular weight is 220 g/mol. The van der Waals surface area contributed by atoms with Crippen LogP contribution in [0, 0.1) is 11.3 Å². The number of rotatable bonds is 4. The van der Waals surface area contributed by atoms with Crippen molar-refractivity contribution in [3.05, 3.63) is 17.8 Å². The van der Waals surface area contributed by atoms with E-state index >= 15 is 0 Å². The first-order valence-electron chi connectivity index (χ1n) is 5.11. The number of nitriles is 1. The highest BCUT2D eigenvalue weighted by Gasteiger charge is 2.17. The number of nitrogens with two attached hydrogens (primary N) is 1. The Hall–Kier alpha value is -1.80. The summed E-state index contributed by atoms with van der Waals surface area (Å²) in [6.07, 6.45) is 0.639. The topological polar surface area (TPSA) is 95.0 Å². The van der Waals surface area contributed by atoms with Gasteiger partial charge in [0.1, 0.15) is 11.9 Å². The predicted molar refractivity (Wildman–Crippen MR) is 62.8 cm³/mol. The minimum Gasteiger partial charge on any atom is -0.396 e. The molecule has 0 saturated heterocycles. The molecule has 0 bridgehead atoms. The minimum atomic E-state index is -0.782. The van der Waals surface area contributed by atoms with Crippen molar-refractivity contribution < 1.29 is 5.11 Å². The van der Waals surface area contributed by atoms with Crippen molar-refractivity contribution in [3.8, 4) is 6.07 Å². The quantitative estimate of drug-likeness (QED) is 0.706. The molecule has 0 radical (unpaired) electrons. The maximum Gasteiger partial charge on any atom is 0.165 e. The molecule has 1 atom stereocenters. The van der Waals surface area contributed by atoms with Crippen molar-refractivity contribution in [2.24, 2.45) is 0 Å². The van der Waals surface area contributed by atoms with Gasteiger partial charge in [0.15, 0.2) is 5.69 Å². The van der Waals surface area contributed by atoms with Crippen LogP contribution in [0.5, 0.6) is 0 Å². The van der Waals surface area contributed by atoms with E-state index in [-0.39, 0.29) is 5.69 Å². The van der Waals surface area contributed by atoms with E-state index in [2.05, 4.69) is 10.3 Å². The van der Waals surface area contributed by atoms with Crippen LogP contribution in [0.25, 0.3) is 0 Å². The number of aromatic nitrogens is 1. The molecule has 1 aromatic rings. The van der Waals surface area contributed by atoms with Gasteiger partial charge in [-0.1, -0.05) is 6.92 Å². The third-order valence-electron chi connectivity index (χ3n) is 2.44. The molecule has 0 aliphatic heterocycles. The Labute approximate surface area is 94.9 Å². The predicted octanol–water partition coefficient (Wildman–Crippen LogP) is 1.11. The average Bonchev–Trinajstić information content (AvgIpc) is 2.28. The summed E-state index contributed by atoms with van der Waals surface area (Å²) in [5, 5.41) is 21.5. The molecule has 1 aromatic heterocycles. The summed E-state index contributed by atoms with van der Waals surface area (Å²) in [5.41, 5.74) is 5.32. The fourth-order valence-electron chi connectivity index (χ4n) is 1.06. The normalized spacial score (nSPS) is 13.9. The summed E-state index contributed by atoms with van der Waals surface area (Å²) in [7, 11) is 0. The van der Waals surface area contributed by atoms with Gasteiger partial charge in [0, 0.05) is 6.54 Å². The van der Waals surface area contributed by atoms with Crippen LogP contribution in [0.4, 0.5) is 11.5 Å². The van der Waals surface area contributed by atoms with Crippen LogP contribution in [0.1, 0.15) is 26.0 Å². The summed E-state index contributed by atoms with van der Waals surface area (Å²) in [4.78, 5) is 4.02. The first-order valence-corrected chi connectivity index (χ1v) is 5.11. The van der Waals surface area contributed by atoms with E-state index in [0.29, 0.717) is 24.5 Å². The van der Waals surface area contributed by atoms with Gasteiger partial charge in [-0.2, -0.15) is 5.26 Å². The van der Waals surface area contributed by atoms with Crippen LogP contribution in [0.3, 0.4) is 0 Å². The second-order valence-electron chi connectivity index (χ2n) is 3.95. The first kappa shape index (κ1) is 12.3. The van der Waals surface area contributed by atoms with Gasteiger partial charge >= 0.3 is 0 Å². The zero-order valence-electron chi connectivity index (χ0n) is 9.49. The van der Waals surface area contributed by atoms with Crippen molar-refractivity contribution in [2.75, 3.05) is 17.6 Å². The standard InChI is InChI=1S/C11H16N4O/c1-3-11(2,16)7-14-10-5-4-8(13)9(6-12)15-10/h4-5,16H,3,7,13H2,1-2H3,(H,14,15). The summed E-state index contributed by atoms with van der Waals surface area (Å²) in [5.74, 6) is 0.541. The maximum atomic E-state index is 9.79. The van der Waals surface area contributed by atoms with Gasteiger partial charge in [0.05, 0.1) is 11.3 Å². The summed E-state index contributed by atoms with van der Waals surface area (Å²) in [6.45, 7) is 4.02. The molecule has 0 aliphatic rings. The molecule has 5 heteroatoms. The van der Waals surface area contributed by atoms with E-state index in [9.17, 15) is 5.11 Å².